The topological polar surface area (TPSA) is 50.2 Å². The van der Waals surface area contributed by atoms with Crippen molar-refractivity contribution >= 4 is 5.97 Å². The zero-order chi connectivity index (χ0) is 10.4. The zero-order valence-corrected chi connectivity index (χ0v) is 8.31. The summed E-state index contributed by atoms with van der Waals surface area (Å²) in [5, 5.41) is 8.49. The van der Waals surface area contributed by atoms with Gasteiger partial charge in [-0.05, 0) is 36.5 Å². The van der Waals surface area contributed by atoms with Crippen molar-refractivity contribution in [3.63, 3.8) is 0 Å². The van der Waals surface area contributed by atoms with Crippen LogP contribution in [0.2, 0.25) is 0 Å². The first-order valence-corrected chi connectivity index (χ1v) is 4.82. The van der Waals surface area contributed by atoms with Crippen LogP contribution in [0.3, 0.4) is 0 Å². The molecule has 0 amide bonds. The molecule has 0 radical (unpaired) electrons. The van der Waals surface area contributed by atoms with Gasteiger partial charge in [0.05, 0.1) is 0 Å². The van der Waals surface area contributed by atoms with Crippen LogP contribution in [0.1, 0.15) is 37.7 Å². The van der Waals surface area contributed by atoms with E-state index in [1.807, 2.05) is 12.1 Å². The third-order valence-electron chi connectivity index (χ3n) is 2.30. The molecule has 0 saturated carbocycles. The molecular weight excluding hydrogens is 178 g/mol. The quantitative estimate of drug-likeness (QED) is 0.781. The molecule has 3 nitrogen and oxygen atoms in total. The highest BCUT2D eigenvalue weighted by Gasteiger charge is 2.05. The van der Waals surface area contributed by atoms with Crippen molar-refractivity contribution in [1.29, 1.82) is 0 Å². The lowest BCUT2D eigenvalue weighted by atomic mass is 9.96. The second-order valence-electron chi connectivity index (χ2n) is 3.47. The second kappa shape index (κ2) is 5.37. The zero-order valence-electron chi connectivity index (χ0n) is 8.31. The summed E-state index contributed by atoms with van der Waals surface area (Å²) >= 11 is 0. The van der Waals surface area contributed by atoms with Crippen LogP contribution in [0.5, 0.6) is 0 Å². The average Bonchev–Trinajstić information content (AvgIpc) is 2.18. The van der Waals surface area contributed by atoms with Gasteiger partial charge in [0.25, 0.3) is 0 Å². The minimum Gasteiger partial charge on any atom is -0.481 e. The van der Waals surface area contributed by atoms with Gasteiger partial charge >= 0.3 is 5.97 Å². The fraction of sp³-hybridized carbons (Fsp3) is 0.455. The molecule has 0 aliphatic heterocycles. The molecule has 0 aromatic carbocycles. The van der Waals surface area contributed by atoms with Crippen LogP contribution >= 0.6 is 0 Å². The van der Waals surface area contributed by atoms with Crippen LogP contribution in [-0.4, -0.2) is 16.1 Å². The van der Waals surface area contributed by atoms with Crippen LogP contribution in [0.25, 0.3) is 0 Å². The summed E-state index contributed by atoms with van der Waals surface area (Å²) in [6.07, 6.45) is 5.44. The van der Waals surface area contributed by atoms with Gasteiger partial charge in [0, 0.05) is 18.8 Å². The first-order valence-electron chi connectivity index (χ1n) is 4.82. The first-order chi connectivity index (χ1) is 6.70. The molecule has 1 heterocycles. The van der Waals surface area contributed by atoms with E-state index in [1.54, 1.807) is 12.4 Å². The van der Waals surface area contributed by atoms with Crippen molar-refractivity contribution in [2.45, 2.75) is 32.1 Å². The minimum atomic E-state index is -0.716. The monoisotopic (exact) mass is 193 g/mol. The van der Waals surface area contributed by atoms with Crippen LogP contribution in [-0.2, 0) is 4.79 Å². The van der Waals surface area contributed by atoms with E-state index in [1.165, 1.54) is 5.56 Å². The fourth-order valence-corrected chi connectivity index (χ4v) is 1.42. The number of carboxylic acids is 1. The summed E-state index contributed by atoms with van der Waals surface area (Å²) in [5.41, 5.74) is 1.23. The molecular formula is C11H15NO2. The van der Waals surface area contributed by atoms with E-state index in [4.69, 9.17) is 5.11 Å². The molecule has 0 aliphatic rings. The number of rotatable bonds is 5. The van der Waals surface area contributed by atoms with E-state index in [9.17, 15) is 4.79 Å². The lowest BCUT2D eigenvalue weighted by Crippen LogP contribution is -1.98. The summed E-state index contributed by atoms with van der Waals surface area (Å²) in [4.78, 5) is 14.2. The number of aromatic nitrogens is 1. The van der Waals surface area contributed by atoms with Gasteiger partial charge in [0.15, 0.2) is 0 Å². The van der Waals surface area contributed by atoms with Crippen LogP contribution in [0, 0.1) is 0 Å². The molecule has 14 heavy (non-hydrogen) atoms. The summed E-state index contributed by atoms with van der Waals surface area (Å²) in [7, 11) is 0. The summed E-state index contributed by atoms with van der Waals surface area (Å²) in [6.45, 7) is 2.11. The highest BCUT2D eigenvalue weighted by Crippen LogP contribution is 2.20. The molecule has 0 spiro atoms. The van der Waals surface area contributed by atoms with Gasteiger partial charge in [-0.3, -0.25) is 9.78 Å². The number of hydrogen-bond donors (Lipinski definition) is 1. The lowest BCUT2D eigenvalue weighted by Gasteiger charge is -2.09. The van der Waals surface area contributed by atoms with Crippen molar-refractivity contribution in [2.75, 3.05) is 0 Å². The molecule has 1 atom stereocenters. The van der Waals surface area contributed by atoms with E-state index >= 15 is 0 Å². The maximum atomic E-state index is 10.3. The number of carbonyl (C=O) groups is 1. The Morgan fingerprint density at radius 3 is 2.71 bits per heavy atom. The van der Waals surface area contributed by atoms with E-state index in [2.05, 4.69) is 11.9 Å². The number of aliphatic carboxylic acids is 1. The largest absolute Gasteiger partial charge is 0.481 e. The molecule has 1 aromatic heterocycles. The van der Waals surface area contributed by atoms with Gasteiger partial charge in [-0.2, -0.15) is 0 Å². The summed E-state index contributed by atoms with van der Waals surface area (Å²) in [5.74, 6) is -0.302. The van der Waals surface area contributed by atoms with Crippen molar-refractivity contribution in [2.24, 2.45) is 0 Å². The average molecular weight is 193 g/mol. The standard InChI is InChI=1S/C11H15NO2/c1-9(3-2-4-11(13)14)10-5-7-12-8-6-10/h5-9H,2-4H2,1H3,(H,13,14). The molecule has 1 unspecified atom stereocenters. The Balaban J connectivity index is 2.36. The van der Waals surface area contributed by atoms with Gasteiger partial charge in [-0.25, -0.2) is 0 Å². The van der Waals surface area contributed by atoms with Crippen LogP contribution in [0.4, 0.5) is 0 Å². The van der Waals surface area contributed by atoms with Crippen LogP contribution < -0.4 is 0 Å². The number of carboxylic acid groups (broad SMARTS) is 1. The van der Waals surface area contributed by atoms with E-state index in [0.29, 0.717) is 5.92 Å². The Labute approximate surface area is 83.8 Å². The maximum Gasteiger partial charge on any atom is 0.303 e. The Bertz CT molecular complexity index is 285. The predicted octanol–water partition coefficient (Wildman–Crippen LogP) is 2.44. The smallest absolute Gasteiger partial charge is 0.303 e. The third kappa shape index (κ3) is 3.56. The molecule has 0 fully saturated rings. The third-order valence-corrected chi connectivity index (χ3v) is 2.30. The minimum absolute atomic E-state index is 0.259. The molecule has 1 aromatic rings. The predicted molar refractivity (Wildman–Crippen MR) is 54.1 cm³/mol. The van der Waals surface area contributed by atoms with E-state index in [-0.39, 0.29) is 6.42 Å². The summed E-state index contributed by atoms with van der Waals surface area (Å²) in [6, 6.07) is 3.96. The number of nitrogens with zero attached hydrogens (tertiary/aromatic N) is 1. The molecule has 0 aliphatic carbocycles. The van der Waals surface area contributed by atoms with Crippen LogP contribution in [0.15, 0.2) is 24.5 Å². The molecule has 1 rings (SSSR count). The fourth-order valence-electron chi connectivity index (χ4n) is 1.42. The highest BCUT2D eigenvalue weighted by atomic mass is 16.4. The normalized spacial score (nSPS) is 12.4. The Hall–Kier alpha value is -1.38. The molecule has 1 N–H and O–H groups in total. The van der Waals surface area contributed by atoms with Crippen molar-refractivity contribution in [1.82, 2.24) is 4.98 Å². The molecule has 0 saturated heterocycles. The van der Waals surface area contributed by atoms with Gasteiger partial charge in [0.1, 0.15) is 0 Å². The SMILES string of the molecule is CC(CCCC(=O)O)c1ccncc1. The lowest BCUT2D eigenvalue weighted by molar-refractivity contribution is -0.137. The van der Waals surface area contributed by atoms with Gasteiger partial charge in [0.2, 0.25) is 0 Å². The van der Waals surface area contributed by atoms with E-state index in [0.717, 1.165) is 12.8 Å². The van der Waals surface area contributed by atoms with Crippen molar-refractivity contribution in [3.05, 3.63) is 30.1 Å². The molecule has 0 bridgehead atoms. The first kappa shape index (κ1) is 10.7. The maximum absolute atomic E-state index is 10.3. The van der Waals surface area contributed by atoms with Gasteiger partial charge < -0.3 is 5.11 Å². The highest BCUT2D eigenvalue weighted by molar-refractivity contribution is 5.66. The number of pyridine rings is 1. The van der Waals surface area contributed by atoms with E-state index < -0.39 is 5.97 Å². The van der Waals surface area contributed by atoms with Gasteiger partial charge in [-0.1, -0.05) is 6.92 Å². The molecule has 3 heteroatoms. The Morgan fingerprint density at radius 2 is 2.14 bits per heavy atom. The Kier molecular flexibility index (Phi) is 4.11. The van der Waals surface area contributed by atoms with Crippen molar-refractivity contribution in [3.8, 4) is 0 Å². The van der Waals surface area contributed by atoms with Gasteiger partial charge in [-0.15, -0.1) is 0 Å². The van der Waals surface area contributed by atoms with Crippen molar-refractivity contribution < 1.29 is 9.90 Å². The molecule has 76 valence electrons. The summed E-state index contributed by atoms with van der Waals surface area (Å²) < 4.78 is 0. The number of hydrogen-bond acceptors (Lipinski definition) is 2. The second-order valence-corrected chi connectivity index (χ2v) is 3.47. The Morgan fingerprint density at radius 1 is 1.50 bits per heavy atom.